The van der Waals surface area contributed by atoms with Crippen LogP contribution in [-0.2, 0) is 11.3 Å². The second-order valence-corrected chi connectivity index (χ2v) is 4.85. The maximum absolute atomic E-state index is 13.3. The fourth-order valence-electron chi connectivity index (χ4n) is 2.31. The highest BCUT2D eigenvalue weighted by Gasteiger charge is 2.16. The summed E-state index contributed by atoms with van der Waals surface area (Å²) in [6, 6.07) is 4.60. The molecule has 5 heteroatoms. The monoisotopic (exact) mass is 268 g/mol. The van der Waals surface area contributed by atoms with E-state index in [1.807, 2.05) is 7.05 Å². The zero-order valence-corrected chi connectivity index (χ0v) is 11.5. The van der Waals surface area contributed by atoms with Gasteiger partial charge in [0.2, 0.25) is 0 Å². The quantitative estimate of drug-likeness (QED) is 0.871. The van der Waals surface area contributed by atoms with Gasteiger partial charge in [0.25, 0.3) is 0 Å². The number of hydrogen-bond acceptors (Lipinski definition) is 4. The van der Waals surface area contributed by atoms with Crippen LogP contribution in [0.1, 0.15) is 5.56 Å². The van der Waals surface area contributed by atoms with E-state index < -0.39 is 0 Å². The zero-order chi connectivity index (χ0) is 13.7. The molecule has 0 aliphatic carbocycles. The van der Waals surface area contributed by atoms with Crippen molar-refractivity contribution in [2.45, 2.75) is 12.6 Å². The number of ether oxygens (including phenoxy) is 2. The first kappa shape index (κ1) is 14.2. The van der Waals surface area contributed by atoms with Gasteiger partial charge in [0.15, 0.2) is 0 Å². The van der Waals surface area contributed by atoms with Crippen LogP contribution in [0.4, 0.5) is 4.39 Å². The van der Waals surface area contributed by atoms with E-state index in [2.05, 4.69) is 10.2 Å². The molecule has 1 aliphatic rings. The second kappa shape index (κ2) is 6.84. The van der Waals surface area contributed by atoms with Crippen molar-refractivity contribution in [1.29, 1.82) is 0 Å². The van der Waals surface area contributed by atoms with Crippen LogP contribution >= 0.6 is 0 Å². The Labute approximate surface area is 113 Å². The van der Waals surface area contributed by atoms with Gasteiger partial charge in [0.1, 0.15) is 11.6 Å². The lowest BCUT2D eigenvalue weighted by Crippen LogP contribution is -2.44. The lowest BCUT2D eigenvalue weighted by molar-refractivity contribution is 0.00874. The van der Waals surface area contributed by atoms with Crippen LogP contribution in [0.2, 0.25) is 0 Å². The van der Waals surface area contributed by atoms with Gasteiger partial charge in [0.05, 0.1) is 19.8 Å². The minimum Gasteiger partial charge on any atom is -0.496 e. The lowest BCUT2D eigenvalue weighted by atomic mass is 10.1. The summed E-state index contributed by atoms with van der Waals surface area (Å²) in [4.78, 5) is 2.12. The summed E-state index contributed by atoms with van der Waals surface area (Å²) in [5, 5.41) is 3.30. The van der Waals surface area contributed by atoms with Crippen molar-refractivity contribution in [2.24, 2.45) is 0 Å². The van der Waals surface area contributed by atoms with Gasteiger partial charge in [-0.05, 0) is 25.2 Å². The fraction of sp³-hybridized carbons (Fsp3) is 0.571. The second-order valence-electron chi connectivity index (χ2n) is 4.85. The lowest BCUT2D eigenvalue weighted by Gasteiger charge is -2.28. The van der Waals surface area contributed by atoms with Crippen molar-refractivity contribution in [3.8, 4) is 5.75 Å². The third-order valence-corrected chi connectivity index (χ3v) is 3.20. The highest BCUT2D eigenvalue weighted by molar-refractivity contribution is 5.33. The van der Waals surface area contributed by atoms with Crippen LogP contribution in [0.25, 0.3) is 0 Å². The largest absolute Gasteiger partial charge is 0.496 e. The maximum atomic E-state index is 13.3. The number of morpholine rings is 1. The molecule has 1 aromatic rings. The highest BCUT2D eigenvalue weighted by atomic mass is 19.1. The van der Waals surface area contributed by atoms with Gasteiger partial charge >= 0.3 is 0 Å². The molecular weight excluding hydrogens is 247 g/mol. The van der Waals surface area contributed by atoms with Crippen LogP contribution in [0, 0.1) is 5.82 Å². The Morgan fingerprint density at radius 1 is 1.53 bits per heavy atom. The molecule has 0 amide bonds. The Hall–Kier alpha value is -1.17. The number of rotatable bonds is 5. The van der Waals surface area contributed by atoms with Crippen LogP contribution in [0.15, 0.2) is 18.2 Å². The molecule has 106 valence electrons. The number of nitrogens with zero attached hydrogens (tertiary/aromatic N) is 1. The van der Waals surface area contributed by atoms with E-state index in [-0.39, 0.29) is 11.9 Å². The number of likely N-dealkylation sites (N-methyl/N-ethyl adjacent to an activating group) is 1. The summed E-state index contributed by atoms with van der Waals surface area (Å²) < 4.78 is 24.2. The smallest absolute Gasteiger partial charge is 0.123 e. The molecule has 1 aliphatic heterocycles. The Bertz CT molecular complexity index is 408. The van der Waals surface area contributed by atoms with E-state index in [0.29, 0.717) is 6.54 Å². The summed E-state index contributed by atoms with van der Waals surface area (Å²) in [5.74, 6) is 0.482. The van der Waals surface area contributed by atoms with E-state index >= 15 is 0 Å². The first-order valence-electron chi connectivity index (χ1n) is 6.52. The molecule has 19 heavy (non-hydrogen) atoms. The predicted octanol–water partition coefficient (Wildman–Crippen LogP) is 1.25. The van der Waals surface area contributed by atoms with Crippen molar-refractivity contribution in [2.75, 3.05) is 40.4 Å². The molecule has 1 N–H and O–H groups in total. The van der Waals surface area contributed by atoms with Crippen LogP contribution in [0.5, 0.6) is 5.75 Å². The van der Waals surface area contributed by atoms with Gasteiger partial charge in [0, 0.05) is 31.7 Å². The molecule has 2 rings (SSSR count). The molecule has 0 aromatic heterocycles. The number of halogens is 1. The molecule has 0 radical (unpaired) electrons. The van der Waals surface area contributed by atoms with Crippen LogP contribution in [-0.4, -0.2) is 51.4 Å². The highest BCUT2D eigenvalue weighted by Crippen LogP contribution is 2.20. The van der Waals surface area contributed by atoms with Crippen molar-refractivity contribution < 1.29 is 13.9 Å². The van der Waals surface area contributed by atoms with E-state index in [0.717, 1.165) is 37.6 Å². The molecule has 1 atom stereocenters. The van der Waals surface area contributed by atoms with E-state index in [1.54, 1.807) is 13.2 Å². The molecule has 0 spiro atoms. The molecule has 1 unspecified atom stereocenters. The summed E-state index contributed by atoms with van der Waals surface area (Å²) in [5.41, 5.74) is 0.855. The summed E-state index contributed by atoms with van der Waals surface area (Å²) in [7, 11) is 3.60. The first-order chi connectivity index (χ1) is 9.19. The Morgan fingerprint density at radius 3 is 3.05 bits per heavy atom. The van der Waals surface area contributed by atoms with E-state index in [1.165, 1.54) is 12.1 Å². The molecule has 1 saturated heterocycles. The Balaban J connectivity index is 1.93. The molecule has 4 nitrogen and oxygen atoms in total. The Morgan fingerprint density at radius 2 is 2.37 bits per heavy atom. The third kappa shape index (κ3) is 4.16. The number of nitrogens with one attached hydrogen (secondary N) is 1. The molecule has 0 saturated carbocycles. The summed E-state index contributed by atoms with van der Waals surface area (Å²) >= 11 is 0. The molecule has 0 bridgehead atoms. The summed E-state index contributed by atoms with van der Waals surface area (Å²) in [6.07, 6.45) is 0.193. The summed E-state index contributed by atoms with van der Waals surface area (Å²) in [6.45, 7) is 3.98. The van der Waals surface area contributed by atoms with Gasteiger partial charge in [-0.25, -0.2) is 4.39 Å². The fourth-order valence-corrected chi connectivity index (χ4v) is 2.31. The maximum Gasteiger partial charge on any atom is 0.123 e. The zero-order valence-electron chi connectivity index (χ0n) is 11.5. The van der Waals surface area contributed by atoms with Gasteiger partial charge in [-0.3, -0.25) is 4.90 Å². The van der Waals surface area contributed by atoms with E-state index in [9.17, 15) is 4.39 Å². The standard InChI is InChI=1S/C14H21FN2O2/c1-17(10-13-8-16-5-6-19-13)9-11-7-12(15)3-4-14(11)18-2/h3-4,7,13,16H,5-6,8-10H2,1-2H3. The van der Waals surface area contributed by atoms with Crippen molar-refractivity contribution in [1.82, 2.24) is 10.2 Å². The predicted molar refractivity (Wildman–Crippen MR) is 71.9 cm³/mol. The third-order valence-electron chi connectivity index (χ3n) is 3.20. The average molecular weight is 268 g/mol. The van der Waals surface area contributed by atoms with E-state index in [4.69, 9.17) is 9.47 Å². The van der Waals surface area contributed by atoms with Gasteiger partial charge < -0.3 is 14.8 Å². The molecule has 1 heterocycles. The number of benzene rings is 1. The number of hydrogen-bond donors (Lipinski definition) is 1. The van der Waals surface area contributed by atoms with Crippen molar-refractivity contribution in [3.63, 3.8) is 0 Å². The number of methoxy groups -OCH3 is 1. The Kier molecular flexibility index (Phi) is 5.13. The first-order valence-corrected chi connectivity index (χ1v) is 6.52. The van der Waals surface area contributed by atoms with Crippen LogP contribution in [0.3, 0.4) is 0 Å². The van der Waals surface area contributed by atoms with Gasteiger partial charge in [-0.15, -0.1) is 0 Å². The SMILES string of the molecule is COc1ccc(F)cc1CN(C)CC1CNCCO1. The molecular formula is C14H21FN2O2. The minimum absolute atomic E-state index is 0.193. The molecule has 1 fully saturated rings. The minimum atomic E-state index is -0.236. The van der Waals surface area contributed by atoms with Crippen molar-refractivity contribution in [3.05, 3.63) is 29.6 Å². The normalized spacial score (nSPS) is 19.7. The van der Waals surface area contributed by atoms with Gasteiger partial charge in [-0.2, -0.15) is 0 Å². The van der Waals surface area contributed by atoms with Crippen LogP contribution < -0.4 is 10.1 Å². The topological polar surface area (TPSA) is 33.7 Å². The molecule has 1 aromatic carbocycles. The van der Waals surface area contributed by atoms with Crippen molar-refractivity contribution >= 4 is 0 Å². The average Bonchev–Trinajstić information content (AvgIpc) is 2.40. The van der Waals surface area contributed by atoms with Gasteiger partial charge in [-0.1, -0.05) is 0 Å².